The maximum Gasteiger partial charge on any atom is 0.153 e. The van der Waals surface area contributed by atoms with Gasteiger partial charge in [-0.15, -0.1) is 0 Å². The van der Waals surface area contributed by atoms with Gasteiger partial charge in [0.15, 0.2) is 5.58 Å². The average Bonchev–Trinajstić information content (AvgIpc) is 3.05. The minimum absolute atomic E-state index is 0.537. The number of furan rings is 1. The number of hydrogen-bond acceptors (Lipinski definition) is 4. The zero-order chi connectivity index (χ0) is 17.7. The Balaban J connectivity index is 1.96. The molecule has 0 amide bonds. The molecule has 0 radical (unpaired) electrons. The van der Waals surface area contributed by atoms with Crippen molar-refractivity contribution in [2.24, 2.45) is 0 Å². The minimum atomic E-state index is 0.537. The summed E-state index contributed by atoms with van der Waals surface area (Å²) in [6, 6.07) is 20.0. The number of para-hydroxylation sites is 2. The van der Waals surface area contributed by atoms with Crippen LogP contribution in [0.2, 0.25) is 0 Å². The third-order valence-electron chi connectivity index (χ3n) is 4.66. The van der Waals surface area contributed by atoms with Gasteiger partial charge in [0, 0.05) is 21.7 Å². The second-order valence-electron chi connectivity index (χ2n) is 6.32. The van der Waals surface area contributed by atoms with E-state index in [2.05, 4.69) is 35.1 Å². The van der Waals surface area contributed by atoms with Gasteiger partial charge >= 0.3 is 0 Å². The van der Waals surface area contributed by atoms with Crippen LogP contribution < -0.4 is 0 Å². The van der Waals surface area contributed by atoms with Gasteiger partial charge in [-0.1, -0.05) is 30.3 Å². The lowest BCUT2D eigenvalue weighted by molar-refractivity contribution is 0.668. The lowest BCUT2D eigenvalue weighted by atomic mass is 10.0. The van der Waals surface area contributed by atoms with Crippen LogP contribution in [-0.4, -0.2) is 9.97 Å². The molecule has 0 atom stereocenters. The van der Waals surface area contributed by atoms with Crippen molar-refractivity contribution in [2.45, 2.75) is 6.92 Å². The van der Waals surface area contributed by atoms with E-state index in [1.807, 2.05) is 36.4 Å². The normalized spacial score (nSPS) is 11.2. The summed E-state index contributed by atoms with van der Waals surface area (Å²) in [7, 11) is 0. The Labute approximate surface area is 149 Å². The van der Waals surface area contributed by atoms with Gasteiger partial charge in [0.05, 0.1) is 16.8 Å². The molecule has 0 aliphatic rings. The molecule has 4 heteroatoms. The third kappa shape index (κ3) is 2.01. The van der Waals surface area contributed by atoms with E-state index in [1.54, 1.807) is 12.4 Å². The molecule has 2 heterocycles. The summed E-state index contributed by atoms with van der Waals surface area (Å²) in [5, 5.41) is 12.3. The first-order chi connectivity index (χ1) is 12.8. The van der Waals surface area contributed by atoms with Gasteiger partial charge in [-0.2, -0.15) is 5.26 Å². The largest absolute Gasteiger partial charge is 0.454 e. The summed E-state index contributed by atoms with van der Waals surface area (Å²) in [5.74, 6) is 0. The van der Waals surface area contributed by atoms with E-state index in [9.17, 15) is 5.26 Å². The van der Waals surface area contributed by atoms with E-state index in [0.717, 1.165) is 44.1 Å². The van der Waals surface area contributed by atoms with Crippen molar-refractivity contribution in [3.63, 3.8) is 0 Å². The number of nitrogens with zero attached hydrogens (tertiary/aromatic N) is 3. The Kier molecular flexibility index (Phi) is 3.04. The predicted octanol–water partition coefficient (Wildman–Crippen LogP) is 5.38. The van der Waals surface area contributed by atoms with Crippen LogP contribution in [0.1, 0.15) is 11.1 Å². The van der Waals surface area contributed by atoms with Crippen LogP contribution in [0.5, 0.6) is 0 Å². The molecule has 0 N–H and O–H groups in total. The van der Waals surface area contributed by atoms with Crippen LogP contribution in [0, 0.1) is 18.3 Å². The van der Waals surface area contributed by atoms with Gasteiger partial charge in [0.2, 0.25) is 0 Å². The highest BCUT2D eigenvalue weighted by molar-refractivity contribution is 6.12. The number of fused-ring (bicyclic) bond motifs is 4. The first-order valence-electron chi connectivity index (χ1n) is 8.32. The van der Waals surface area contributed by atoms with Crippen LogP contribution in [0.15, 0.2) is 65.3 Å². The fourth-order valence-corrected chi connectivity index (χ4v) is 3.53. The molecule has 0 aliphatic heterocycles. The number of hydrogen-bond donors (Lipinski definition) is 0. The topological polar surface area (TPSA) is 62.7 Å². The first kappa shape index (κ1) is 14.6. The molecule has 5 rings (SSSR count). The van der Waals surface area contributed by atoms with E-state index in [4.69, 9.17) is 4.42 Å². The molecule has 0 bridgehead atoms. The molecule has 5 aromatic rings. The number of rotatable bonds is 1. The van der Waals surface area contributed by atoms with Crippen molar-refractivity contribution in [1.82, 2.24) is 9.97 Å². The second kappa shape index (κ2) is 5.40. The molecule has 122 valence electrons. The zero-order valence-electron chi connectivity index (χ0n) is 14.0. The molecule has 0 spiro atoms. The van der Waals surface area contributed by atoms with Crippen LogP contribution in [-0.2, 0) is 0 Å². The van der Waals surface area contributed by atoms with Crippen LogP contribution in [0.25, 0.3) is 44.1 Å². The maximum atomic E-state index is 9.41. The summed E-state index contributed by atoms with van der Waals surface area (Å²) < 4.78 is 6.18. The monoisotopic (exact) mass is 335 g/mol. The fourth-order valence-electron chi connectivity index (χ4n) is 3.53. The molecule has 0 fully saturated rings. The van der Waals surface area contributed by atoms with Gasteiger partial charge in [0.25, 0.3) is 0 Å². The Morgan fingerprint density at radius 1 is 0.885 bits per heavy atom. The minimum Gasteiger partial charge on any atom is -0.454 e. The van der Waals surface area contributed by atoms with Crippen molar-refractivity contribution < 1.29 is 4.42 Å². The van der Waals surface area contributed by atoms with E-state index in [0.29, 0.717) is 11.1 Å². The number of benzene rings is 3. The van der Waals surface area contributed by atoms with Crippen LogP contribution >= 0.6 is 0 Å². The molecule has 3 aromatic carbocycles. The van der Waals surface area contributed by atoms with Crippen molar-refractivity contribution in [1.29, 1.82) is 5.26 Å². The van der Waals surface area contributed by atoms with Crippen molar-refractivity contribution in [3.8, 4) is 17.3 Å². The second-order valence-corrected chi connectivity index (χ2v) is 6.32. The molecule has 0 unspecified atom stereocenters. The van der Waals surface area contributed by atoms with Crippen LogP contribution in [0.4, 0.5) is 0 Å². The van der Waals surface area contributed by atoms with Crippen molar-refractivity contribution in [3.05, 3.63) is 72.1 Å². The quantitative estimate of drug-likeness (QED) is 0.413. The summed E-state index contributed by atoms with van der Waals surface area (Å²) in [4.78, 5) is 8.90. The van der Waals surface area contributed by atoms with Gasteiger partial charge in [-0.3, -0.25) is 0 Å². The fraction of sp³-hybridized carbons (Fsp3) is 0.0455. The Bertz CT molecular complexity index is 1350. The summed E-state index contributed by atoms with van der Waals surface area (Å²) in [6.07, 6.45) is 1.58. The van der Waals surface area contributed by atoms with Gasteiger partial charge < -0.3 is 4.42 Å². The standard InChI is InChI=1S/C22H13N3O/c1-13-9-17-15-7-4-5-14(11-23)21(15)26-22(17)18(10-13)20-16-6-2-3-8-19(16)24-12-25-20/h2-10,12H,1H3. The molecule has 0 saturated carbocycles. The maximum absolute atomic E-state index is 9.41. The summed E-state index contributed by atoms with van der Waals surface area (Å²) >= 11 is 0. The lowest BCUT2D eigenvalue weighted by Crippen LogP contribution is -1.90. The molecular weight excluding hydrogens is 322 g/mol. The highest BCUT2D eigenvalue weighted by atomic mass is 16.3. The SMILES string of the molecule is Cc1cc(-c2ncnc3ccccc23)c2oc3c(C#N)cccc3c2c1. The Hall–Kier alpha value is -3.71. The van der Waals surface area contributed by atoms with E-state index in [-0.39, 0.29) is 0 Å². The molecule has 0 aliphatic carbocycles. The molecule has 26 heavy (non-hydrogen) atoms. The Morgan fingerprint density at radius 2 is 1.73 bits per heavy atom. The van der Waals surface area contributed by atoms with Gasteiger partial charge in [0.1, 0.15) is 18.0 Å². The number of aryl methyl sites for hydroxylation is 1. The zero-order valence-corrected chi connectivity index (χ0v) is 14.0. The molecule has 0 saturated heterocycles. The Morgan fingerprint density at radius 3 is 2.62 bits per heavy atom. The summed E-state index contributed by atoms with van der Waals surface area (Å²) in [6.45, 7) is 2.05. The first-order valence-corrected chi connectivity index (χ1v) is 8.32. The molecule has 4 nitrogen and oxygen atoms in total. The van der Waals surface area contributed by atoms with Crippen molar-refractivity contribution in [2.75, 3.05) is 0 Å². The van der Waals surface area contributed by atoms with Gasteiger partial charge in [-0.05, 0) is 36.8 Å². The van der Waals surface area contributed by atoms with Crippen molar-refractivity contribution >= 4 is 32.8 Å². The number of aromatic nitrogens is 2. The molecular formula is C22H13N3O. The average molecular weight is 335 g/mol. The number of nitriles is 1. The highest BCUT2D eigenvalue weighted by Crippen LogP contribution is 2.38. The highest BCUT2D eigenvalue weighted by Gasteiger charge is 2.17. The van der Waals surface area contributed by atoms with E-state index >= 15 is 0 Å². The van der Waals surface area contributed by atoms with Gasteiger partial charge in [-0.25, -0.2) is 9.97 Å². The predicted molar refractivity (Wildman–Crippen MR) is 102 cm³/mol. The summed E-state index contributed by atoms with van der Waals surface area (Å²) in [5.41, 5.74) is 5.66. The lowest BCUT2D eigenvalue weighted by Gasteiger charge is -2.07. The smallest absolute Gasteiger partial charge is 0.153 e. The van der Waals surface area contributed by atoms with E-state index in [1.165, 1.54) is 0 Å². The van der Waals surface area contributed by atoms with Crippen LogP contribution in [0.3, 0.4) is 0 Å². The third-order valence-corrected chi connectivity index (χ3v) is 4.66. The van der Waals surface area contributed by atoms with E-state index < -0.39 is 0 Å². The molecule has 2 aromatic heterocycles.